The van der Waals surface area contributed by atoms with Gasteiger partial charge in [-0.1, -0.05) is 17.7 Å². The lowest BCUT2D eigenvalue weighted by Crippen LogP contribution is -2.39. The number of hydrogen-bond acceptors (Lipinski definition) is 9. The molecule has 9 nitrogen and oxygen atoms in total. The van der Waals surface area contributed by atoms with E-state index in [4.69, 9.17) is 18.9 Å². The molecule has 1 atom stereocenters. The molecule has 0 aliphatic heterocycles. The molecule has 2 fully saturated rings. The summed E-state index contributed by atoms with van der Waals surface area (Å²) in [5, 5.41) is 9.91. The van der Waals surface area contributed by atoms with Gasteiger partial charge in [-0.15, -0.1) is 0 Å². The van der Waals surface area contributed by atoms with Crippen LogP contribution in [0.1, 0.15) is 25.7 Å². The van der Waals surface area contributed by atoms with E-state index >= 15 is 0 Å². The first-order valence-electron chi connectivity index (χ1n) is 9.02. The van der Waals surface area contributed by atoms with Crippen molar-refractivity contribution in [3.63, 3.8) is 0 Å². The summed E-state index contributed by atoms with van der Waals surface area (Å²) in [7, 11) is 4.68. The van der Waals surface area contributed by atoms with E-state index in [1.54, 1.807) is 0 Å². The lowest BCUT2D eigenvalue weighted by atomic mass is 9.84. The predicted molar refractivity (Wildman–Crippen MR) is 98.1 cm³/mol. The Hall–Kier alpha value is -2.68. The van der Waals surface area contributed by atoms with Gasteiger partial charge >= 0.3 is 23.9 Å². The lowest BCUT2D eigenvalue weighted by Gasteiger charge is -2.23. The van der Waals surface area contributed by atoms with Gasteiger partial charge in [0.05, 0.1) is 28.4 Å². The minimum absolute atomic E-state index is 0.0155. The smallest absolute Gasteiger partial charge is 0.323 e. The van der Waals surface area contributed by atoms with Crippen molar-refractivity contribution < 1.29 is 43.2 Å². The van der Waals surface area contributed by atoms with Gasteiger partial charge in [0.1, 0.15) is 0 Å². The van der Waals surface area contributed by atoms with E-state index in [-0.39, 0.29) is 32.3 Å². The standard InChI is InChI=1S/C20H26O9/c1-11-6-19(15(22)26-2,16(23)27-3)8-13(11)14-9-20(17(24)28-4,18(25)29-5)7-12(14)10-21/h12,21H,1,6-10H2,2-5H3/b14-13-. The van der Waals surface area contributed by atoms with E-state index in [1.165, 1.54) is 28.4 Å². The number of carbonyl (C=O) groups excluding carboxylic acids is 4. The summed E-state index contributed by atoms with van der Waals surface area (Å²) in [6.07, 6.45) is -0.162. The van der Waals surface area contributed by atoms with Gasteiger partial charge in [-0.25, -0.2) is 0 Å². The van der Waals surface area contributed by atoms with Gasteiger partial charge in [0.25, 0.3) is 0 Å². The van der Waals surface area contributed by atoms with Crippen molar-refractivity contribution in [2.45, 2.75) is 25.7 Å². The van der Waals surface area contributed by atoms with Gasteiger partial charge in [-0.05, 0) is 31.3 Å². The normalized spacial score (nSPS) is 24.7. The predicted octanol–water partition coefficient (Wildman–Crippen LogP) is 0.700. The molecule has 2 rings (SSSR count). The molecule has 0 aromatic heterocycles. The fraction of sp³-hybridized carbons (Fsp3) is 0.600. The molecule has 2 aliphatic carbocycles. The van der Waals surface area contributed by atoms with E-state index < -0.39 is 40.6 Å². The number of aliphatic hydroxyl groups is 1. The second-order valence-electron chi connectivity index (χ2n) is 7.35. The van der Waals surface area contributed by atoms with Crippen molar-refractivity contribution in [2.24, 2.45) is 16.7 Å². The van der Waals surface area contributed by atoms with E-state index in [9.17, 15) is 24.3 Å². The number of carbonyl (C=O) groups is 4. The second-order valence-corrected chi connectivity index (χ2v) is 7.35. The quantitative estimate of drug-likeness (QED) is 0.396. The fourth-order valence-corrected chi connectivity index (χ4v) is 4.46. The summed E-state index contributed by atoms with van der Waals surface area (Å²) in [4.78, 5) is 49.8. The molecule has 2 saturated carbocycles. The molecule has 0 aromatic rings. The number of rotatable bonds is 5. The molecule has 2 aliphatic rings. The number of hydrogen-bond donors (Lipinski definition) is 1. The molecule has 29 heavy (non-hydrogen) atoms. The molecule has 1 unspecified atom stereocenters. The van der Waals surface area contributed by atoms with Crippen molar-refractivity contribution in [3.8, 4) is 0 Å². The number of ether oxygens (including phenoxy) is 4. The average molecular weight is 410 g/mol. The molecule has 9 heteroatoms. The van der Waals surface area contributed by atoms with Crippen LogP contribution in [0.25, 0.3) is 0 Å². The third-order valence-electron chi connectivity index (χ3n) is 5.91. The van der Waals surface area contributed by atoms with Gasteiger partial charge in [0.15, 0.2) is 10.8 Å². The Bertz CT molecular complexity index is 745. The number of aliphatic hydroxyl groups excluding tert-OH is 1. The van der Waals surface area contributed by atoms with E-state index in [1.807, 2.05) is 0 Å². The van der Waals surface area contributed by atoms with Crippen LogP contribution in [0.4, 0.5) is 0 Å². The van der Waals surface area contributed by atoms with E-state index in [0.717, 1.165) is 0 Å². The van der Waals surface area contributed by atoms with Crippen molar-refractivity contribution in [3.05, 3.63) is 23.3 Å². The zero-order chi connectivity index (χ0) is 22.0. The third kappa shape index (κ3) is 3.43. The van der Waals surface area contributed by atoms with Gasteiger partial charge in [-0.2, -0.15) is 0 Å². The molecule has 0 heterocycles. The minimum atomic E-state index is -1.61. The summed E-state index contributed by atoms with van der Waals surface area (Å²) in [5.74, 6) is -3.62. The van der Waals surface area contributed by atoms with E-state index in [0.29, 0.717) is 16.7 Å². The fourth-order valence-electron chi connectivity index (χ4n) is 4.46. The minimum Gasteiger partial charge on any atom is -0.468 e. The first kappa shape index (κ1) is 22.6. The average Bonchev–Trinajstić information content (AvgIpc) is 3.30. The molecule has 0 bridgehead atoms. The van der Waals surface area contributed by atoms with Gasteiger partial charge in [0, 0.05) is 12.5 Å². The third-order valence-corrected chi connectivity index (χ3v) is 5.91. The summed E-state index contributed by atoms with van der Waals surface area (Å²) in [5.41, 5.74) is -1.59. The van der Waals surface area contributed by atoms with Crippen LogP contribution in [-0.2, 0) is 38.1 Å². The van der Waals surface area contributed by atoms with E-state index in [2.05, 4.69) is 6.58 Å². The zero-order valence-electron chi connectivity index (χ0n) is 17.0. The Morgan fingerprint density at radius 1 is 0.862 bits per heavy atom. The highest BCUT2D eigenvalue weighted by atomic mass is 16.6. The molecule has 0 saturated heterocycles. The highest BCUT2D eigenvalue weighted by molar-refractivity contribution is 6.03. The molecule has 0 spiro atoms. The first-order chi connectivity index (χ1) is 13.7. The largest absolute Gasteiger partial charge is 0.468 e. The summed E-state index contributed by atoms with van der Waals surface area (Å²) >= 11 is 0. The topological polar surface area (TPSA) is 125 Å². The number of methoxy groups -OCH3 is 4. The summed E-state index contributed by atoms with van der Waals surface area (Å²) in [6, 6.07) is 0. The Labute approximate surface area is 168 Å². The Morgan fingerprint density at radius 3 is 1.72 bits per heavy atom. The van der Waals surface area contributed by atoms with Crippen LogP contribution in [0.3, 0.4) is 0 Å². The maximum Gasteiger partial charge on any atom is 0.323 e. The summed E-state index contributed by atoms with van der Waals surface area (Å²) in [6.45, 7) is 3.63. The van der Waals surface area contributed by atoms with Gasteiger partial charge < -0.3 is 24.1 Å². The monoisotopic (exact) mass is 410 g/mol. The van der Waals surface area contributed by atoms with Crippen molar-refractivity contribution in [2.75, 3.05) is 35.0 Å². The van der Waals surface area contributed by atoms with Crippen LogP contribution in [0.5, 0.6) is 0 Å². The molecule has 0 amide bonds. The Morgan fingerprint density at radius 2 is 1.31 bits per heavy atom. The first-order valence-corrected chi connectivity index (χ1v) is 9.02. The van der Waals surface area contributed by atoms with Crippen LogP contribution in [-0.4, -0.2) is 64.0 Å². The van der Waals surface area contributed by atoms with Crippen molar-refractivity contribution in [1.29, 1.82) is 0 Å². The molecule has 0 aromatic carbocycles. The summed E-state index contributed by atoms with van der Waals surface area (Å²) < 4.78 is 19.3. The molecule has 160 valence electrons. The Kier molecular flexibility index (Phi) is 6.52. The van der Waals surface area contributed by atoms with Crippen molar-refractivity contribution >= 4 is 23.9 Å². The number of esters is 4. The lowest BCUT2D eigenvalue weighted by molar-refractivity contribution is -0.170. The molecular formula is C20H26O9. The maximum absolute atomic E-state index is 12.5. The van der Waals surface area contributed by atoms with Crippen LogP contribution < -0.4 is 0 Å². The Balaban J connectivity index is 2.59. The highest BCUT2D eigenvalue weighted by Gasteiger charge is 2.59. The molecular weight excluding hydrogens is 384 g/mol. The molecule has 1 N–H and O–H groups in total. The second kappa shape index (κ2) is 8.36. The van der Waals surface area contributed by atoms with Crippen LogP contribution in [0.2, 0.25) is 0 Å². The number of allylic oxidation sites excluding steroid dienone is 2. The molecule has 0 radical (unpaired) electrons. The van der Waals surface area contributed by atoms with Gasteiger partial charge in [0.2, 0.25) is 0 Å². The van der Waals surface area contributed by atoms with Gasteiger partial charge in [-0.3, -0.25) is 19.2 Å². The SMILES string of the molecule is C=C1CC(C(=O)OC)(C(=O)OC)C/C1=C1\CC(C(=O)OC)(C(=O)OC)CC1CO. The van der Waals surface area contributed by atoms with Crippen LogP contribution in [0, 0.1) is 16.7 Å². The highest BCUT2D eigenvalue weighted by Crippen LogP contribution is 2.54. The van der Waals surface area contributed by atoms with Crippen molar-refractivity contribution in [1.82, 2.24) is 0 Å². The zero-order valence-corrected chi connectivity index (χ0v) is 17.0. The van der Waals surface area contributed by atoms with Crippen LogP contribution in [0.15, 0.2) is 23.3 Å². The maximum atomic E-state index is 12.5. The van der Waals surface area contributed by atoms with Crippen LogP contribution >= 0.6 is 0 Å².